The van der Waals surface area contributed by atoms with Crippen molar-refractivity contribution in [1.29, 1.82) is 0 Å². The summed E-state index contributed by atoms with van der Waals surface area (Å²) in [6.07, 6.45) is -5.52. The van der Waals surface area contributed by atoms with Crippen molar-refractivity contribution >= 4 is 0 Å². The highest BCUT2D eigenvalue weighted by molar-refractivity contribution is 4.70. The molecule has 0 aromatic carbocycles. The van der Waals surface area contributed by atoms with Gasteiger partial charge in [0.05, 0.1) is 18.8 Å². The Morgan fingerprint density at radius 1 is 1.12 bits per heavy atom. The fraction of sp³-hybridized carbons (Fsp3) is 1.00. The molecule has 96 valence electrons. The molecule has 1 aliphatic rings. The highest BCUT2D eigenvalue weighted by Gasteiger charge is 2.37. The first-order valence-corrected chi connectivity index (χ1v) is 4.95. The van der Waals surface area contributed by atoms with Crippen LogP contribution in [0.5, 0.6) is 0 Å². The lowest BCUT2D eigenvalue weighted by molar-refractivity contribution is -0.381. The molecule has 0 aromatic heterocycles. The molecule has 0 bridgehead atoms. The van der Waals surface area contributed by atoms with E-state index in [-0.39, 0.29) is 13.2 Å². The number of hydrogen-bond acceptors (Lipinski definition) is 7. The molecule has 0 aromatic rings. The summed E-state index contributed by atoms with van der Waals surface area (Å²) in [5.74, 6) is 0. The number of aliphatic hydroxyl groups is 4. The quantitative estimate of drug-likeness (QED) is 0.455. The van der Waals surface area contributed by atoms with E-state index >= 15 is 0 Å². The summed E-state index contributed by atoms with van der Waals surface area (Å²) in [4.78, 5) is 0. The third-order valence-corrected chi connectivity index (χ3v) is 2.16. The van der Waals surface area contributed by atoms with Crippen LogP contribution >= 0.6 is 0 Å². The van der Waals surface area contributed by atoms with Crippen LogP contribution in [0.4, 0.5) is 0 Å². The van der Waals surface area contributed by atoms with Crippen molar-refractivity contribution in [1.82, 2.24) is 0 Å². The normalized spacial score (nSPS) is 36.4. The maximum atomic E-state index is 9.19. The number of hydrogen-bond donors (Lipinski definition) is 4. The SMILES string of the molecule is CC(C)(CO)OCC1O[C@@H](O)C(O)[C@@H](O)O1. The van der Waals surface area contributed by atoms with E-state index in [4.69, 9.17) is 24.4 Å². The van der Waals surface area contributed by atoms with Crippen LogP contribution in [0.15, 0.2) is 0 Å². The van der Waals surface area contributed by atoms with E-state index in [1.807, 2.05) is 0 Å². The van der Waals surface area contributed by atoms with E-state index in [1.165, 1.54) is 0 Å². The Bertz CT molecular complexity index is 208. The Kier molecular flexibility index (Phi) is 4.62. The Morgan fingerprint density at radius 3 is 2.06 bits per heavy atom. The third kappa shape index (κ3) is 3.63. The molecule has 1 saturated heterocycles. The second kappa shape index (κ2) is 5.37. The molecule has 4 atom stereocenters. The maximum absolute atomic E-state index is 9.19. The lowest BCUT2D eigenvalue weighted by Gasteiger charge is -2.35. The zero-order valence-corrected chi connectivity index (χ0v) is 9.24. The summed E-state index contributed by atoms with van der Waals surface area (Å²) in [5, 5.41) is 36.4. The van der Waals surface area contributed by atoms with Gasteiger partial charge in [-0.05, 0) is 13.8 Å². The van der Waals surface area contributed by atoms with Crippen molar-refractivity contribution in [2.75, 3.05) is 13.2 Å². The van der Waals surface area contributed by atoms with E-state index < -0.39 is 30.6 Å². The molecule has 0 aliphatic carbocycles. The second-order valence-electron chi connectivity index (χ2n) is 4.20. The molecule has 0 spiro atoms. The van der Waals surface area contributed by atoms with Crippen molar-refractivity contribution in [3.05, 3.63) is 0 Å². The van der Waals surface area contributed by atoms with Crippen molar-refractivity contribution < 1.29 is 34.6 Å². The first-order chi connectivity index (χ1) is 7.35. The Hall–Kier alpha value is -0.280. The molecule has 2 unspecified atom stereocenters. The molecule has 0 saturated carbocycles. The Balaban J connectivity index is 2.39. The fourth-order valence-corrected chi connectivity index (χ4v) is 1.06. The smallest absolute Gasteiger partial charge is 0.189 e. The third-order valence-electron chi connectivity index (χ3n) is 2.16. The molecular weight excluding hydrogens is 220 g/mol. The van der Waals surface area contributed by atoms with E-state index in [0.29, 0.717) is 0 Å². The Morgan fingerprint density at radius 2 is 1.62 bits per heavy atom. The van der Waals surface area contributed by atoms with Gasteiger partial charge in [-0.3, -0.25) is 0 Å². The molecular formula is C9H18O7. The molecule has 1 aliphatic heterocycles. The lowest BCUT2D eigenvalue weighted by atomic mass is 10.1. The highest BCUT2D eigenvalue weighted by atomic mass is 16.8. The summed E-state index contributed by atoms with van der Waals surface area (Å²) in [5.41, 5.74) is -0.765. The van der Waals surface area contributed by atoms with Gasteiger partial charge in [-0.25, -0.2) is 0 Å². The van der Waals surface area contributed by atoms with Crippen LogP contribution in [-0.2, 0) is 14.2 Å². The number of rotatable bonds is 4. The van der Waals surface area contributed by atoms with Crippen molar-refractivity contribution in [2.45, 2.75) is 44.4 Å². The summed E-state index contributed by atoms with van der Waals surface area (Å²) >= 11 is 0. The summed E-state index contributed by atoms with van der Waals surface area (Å²) in [6.45, 7) is 3.07. The van der Waals surface area contributed by atoms with Gasteiger partial charge in [-0.15, -0.1) is 0 Å². The van der Waals surface area contributed by atoms with Gasteiger partial charge in [0.2, 0.25) is 0 Å². The van der Waals surface area contributed by atoms with Crippen molar-refractivity contribution in [3.63, 3.8) is 0 Å². The zero-order chi connectivity index (χ0) is 12.3. The number of aliphatic hydroxyl groups excluding tert-OH is 4. The van der Waals surface area contributed by atoms with Crippen LogP contribution in [0.3, 0.4) is 0 Å². The van der Waals surface area contributed by atoms with Gasteiger partial charge >= 0.3 is 0 Å². The van der Waals surface area contributed by atoms with Crippen LogP contribution in [-0.4, -0.2) is 64.2 Å². The summed E-state index contributed by atoms with van der Waals surface area (Å²) < 4.78 is 14.9. The van der Waals surface area contributed by atoms with Gasteiger partial charge in [0.15, 0.2) is 25.0 Å². The van der Waals surface area contributed by atoms with Crippen LogP contribution < -0.4 is 0 Å². The molecule has 0 radical (unpaired) electrons. The largest absolute Gasteiger partial charge is 0.393 e. The molecule has 16 heavy (non-hydrogen) atoms. The molecule has 4 N–H and O–H groups in total. The minimum atomic E-state index is -1.52. The van der Waals surface area contributed by atoms with E-state index in [1.54, 1.807) is 13.8 Å². The monoisotopic (exact) mass is 238 g/mol. The average Bonchev–Trinajstić information content (AvgIpc) is 2.23. The Labute approximate surface area is 93.2 Å². The number of ether oxygens (including phenoxy) is 3. The van der Waals surface area contributed by atoms with Crippen LogP contribution in [0, 0.1) is 0 Å². The highest BCUT2D eigenvalue weighted by Crippen LogP contribution is 2.18. The summed E-state index contributed by atoms with van der Waals surface area (Å²) in [6, 6.07) is 0. The van der Waals surface area contributed by atoms with Gasteiger partial charge in [-0.1, -0.05) is 0 Å². The molecule has 1 heterocycles. The lowest BCUT2D eigenvalue weighted by Crippen LogP contribution is -2.51. The van der Waals surface area contributed by atoms with Crippen LogP contribution in [0.1, 0.15) is 13.8 Å². The average molecular weight is 238 g/mol. The van der Waals surface area contributed by atoms with Gasteiger partial charge in [0, 0.05) is 0 Å². The predicted octanol–water partition coefficient (Wildman–Crippen LogP) is -1.86. The van der Waals surface area contributed by atoms with Crippen LogP contribution in [0.2, 0.25) is 0 Å². The summed E-state index contributed by atoms with van der Waals surface area (Å²) in [7, 11) is 0. The van der Waals surface area contributed by atoms with Crippen LogP contribution in [0.25, 0.3) is 0 Å². The second-order valence-corrected chi connectivity index (χ2v) is 4.20. The zero-order valence-electron chi connectivity index (χ0n) is 9.24. The fourth-order valence-electron chi connectivity index (χ4n) is 1.06. The van der Waals surface area contributed by atoms with Crippen molar-refractivity contribution in [2.24, 2.45) is 0 Å². The first kappa shape index (κ1) is 13.8. The topological polar surface area (TPSA) is 109 Å². The van der Waals surface area contributed by atoms with E-state index in [2.05, 4.69) is 0 Å². The molecule has 7 heteroatoms. The molecule has 1 fully saturated rings. The predicted molar refractivity (Wildman–Crippen MR) is 51.1 cm³/mol. The van der Waals surface area contributed by atoms with Gasteiger partial charge < -0.3 is 34.6 Å². The van der Waals surface area contributed by atoms with Crippen molar-refractivity contribution in [3.8, 4) is 0 Å². The van der Waals surface area contributed by atoms with Gasteiger partial charge in [-0.2, -0.15) is 0 Å². The molecule has 1 rings (SSSR count). The van der Waals surface area contributed by atoms with E-state index in [9.17, 15) is 10.2 Å². The minimum Gasteiger partial charge on any atom is -0.393 e. The van der Waals surface area contributed by atoms with Gasteiger partial charge in [0.1, 0.15) is 0 Å². The van der Waals surface area contributed by atoms with Gasteiger partial charge in [0.25, 0.3) is 0 Å². The van der Waals surface area contributed by atoms with E-state index in [0.717, 1.165) is 0 Å². The maximum Gasteiger partial charge on any atom is 0.189 e. The molecule has 0 amide bonds. The minimum absolute atomic E-state index is 0.0750. The first-order valence-electron chi connectivity index (χ1n) is 4.95. The standard InChI is InChI=1S/C9H18O7/c1-9(2,4-10)14-3-5-15-7(12)6(11)8(13)16-5/h5-8,10-13H,3-4H2,1-2H3/t5?,6?,7-,8+. The molecule has 7 nitrogen and oxygen atoms in total.